The minimum Gasteiger partial charge on any atom is -0.337 e. The number of imidazole rings is 1. The van der Waals surface area contributed by atoms with Crippen LogP contribution in [0.3, 0.4) is 0 Å². The molecule has 5 heteroatoms. The highest BCUT2D eigenvalue weighted by atomic mass is 15.3. The van der Waals surface area contributed by atoms with E-state index in [1.54, 1.807) is 0 Å². The lowest BCUT2D eigenvalue weighted by molar-refractivity contribution is 0.130. The van der Waals surface area contributed by atoms with E-state index in [9.17, 15) is 0 Å². The zero-order valence-electron chi connectivity index (χ0n) is 11.2. The van der Waals surface area contributed by atoms with Gasteiger partial charge in [0.2, 0.25) is 0 Å². The van der Waals surface area contributed by atoms with Crippen molar-refractivity contribution >= 4 is 0 Å². The number of aryl methyl sites for hydroxylation is 1. The summed E-state index contributed by atoms with van der Waals surface area (Å²) >= 11 is 0. The Kier molecular flexibility index (Phi) is 5.64. The molecule has 0 unspecified atom stereocenters. The van der Waals surface area contributed by atoms with Crippen molar-refractivity contribution in [3.8, 4) is 0 Å². The number of nitrogens with zero attached hydrogens (tertiary/aromatic N) is 4. The maximum absolute atomic E-state index is 5.54. The van der Waals surface area contributed by atoms with Gasteiger partial charge in [-0.05, 0) is 32.5 Å². The molecule has 2 rings (SSSR count). The Bertz CT molecular complexity index is 303. The summed E-state index contributed by atoms with van der Waals surface area (Å²) in [6.07, 6.45) is 8.10. The highest BCUT2D eigenvalue weighted by molar-refractivity contribution is 4.75. The molecule has 0 saturated carbocycles. The van der Waals surface area contributed by atoms with E-state index in [4.69, 9.17) is 5.73 Å². The normalized spacial score (nSPS) is 18.3. The molecule has 0 atom stereocenters. The molecule has 0 radical (unpaired) electrons. The smallest absolute Gasteiger partial charge is 0.0945 e. The molecule has 0 bridgehead atoms. The van der Waals surface area contributed by atoms with Crippen LogP contribution >= 0.6 is 0 Å². The van der Waals surface area contributed by atoms with Crippen LogP contribution in [-0.4, -0.2) is 65.2 Å². The lowest BCUT2D eigenvalue weighted by Crippen LogP contribution is -2.47. The Hall–Kier alpha value is -0.910. The average Bonchev–Trinajstić information content (AvgIpc) is 2.91. The van der Waals surface area contributed by atoms with Gasteiger partial charge in [0.15, 0.2) is 0 Å². The third-order valence-electron chi connectivity index (χ3n) is 3.59. The molecule has 1 fully saturated rings. The number of aromatic nitrogens is 2. The lowest BCUT2D eigenvalue weighted by Gasteiger charge is -2.34. The van der Waals surface area contributed by atoms with Crippen LogP contribution in [0.1, 0.15) is 12.8 Å². The third kappa shape index (κ3) is 4.40. The maximum Gasteiger partial charge on any atom is 0.0945 e. The molecule has 0 spiro atoms. The van der Waals surface area contributed by atoms with Gasteiger partial charge in [0.1, 0.15) is 0 Å². The van der Waals surface area contributed by atoms with E-state index in [0.29, 0.717) is 0 Å². The zero-order valence-corrected chi connectivity index (χ0v) is 11.2. The van der Waals surface area contributed by atoms with Crippen molar-refractivity contribution in [1.29, 1.82) is 0 Å². The summed E-state index contributed by atoms with van der Waals surface area (Å²) in [6, 6.07) is 0. The second kappa shape index (κ2) is 7.51. The van der Waals surface area contributed by atoms with E-state index >= 15 is 0 Å². The van der Waals surface area contributed by atoms with Crippen molar-refractivity contribution in [2.24, 2.45) is 5.73 Å². The predicted molar refractivity (Wildman–Crippen MR) is 73.4 cm³/mol. The van der Waals surface area contributed by atoms with E-state index in [1.807, 2.05) is 18.7 Å². The van der Waals surface area contributed by atoms with E-state index in [0.717, 1.165) is 19.5 Å². The topological polar surface area (TPSA) is 50.3 Å². The van der Waals surface area contributed by atoms with E-state index < -0.39 is 0 Å². The monoisotopic (exact) mass is 251 g/mol. The van der Waals surface area contributed by atoms with Gasteiger partial charge >= 0.3 is 0 Å². The van der Waals surface area contributed by atoms with Crippen LogP contribution < -0.4 is 5.73 Å². The summed E-state index contributed by atoms with van der Waals surface area (Å²) in [6.45, 7) is 9.06. The molecule has 0 amide bonds. The van der Waals surface area contributed by atoms with Crippen LogP contribution in [0.4, 0.5) is 0 Å². The second-order valence-electron chi connectivity index (χ2n) is 4.98. The van der Waals surface area contributed by atoms with Gasteiger partial charge in [-0.2, -0.15) is 0 Å². The molecule has 1 aliphatic rings. The fourth-order valence-corrected chi connectivity index (χ4v) is 2.45. The van der Waals surface area contributed by atoms with Gasteiger partial charge in [0, 0.05) is 45.1 Å². The molecule has 1 saturated heterocycles. The Morgan fingerprint density at radius 2 is 1.61 bits per heavy atom. The van der Waals surface area contributed by atoms with Crippen LogP contribution in [0.25, 0.3) is 0 Å². The van der Waals surface area contributed by atoms with Gasteiger partial charge in [0.05, 0.1) is 6.33 Å². The molecule has 0 aromatic carbocycles. The first kappa shape index (κ1) is 13.5. The number of nitrogens with two attached hydrogens (primary N) is 1. The molecule has 2 N–H and O–H groups in total. The van der Waals surface area contributed by atoms with Crippen LogP contribution in [-0.2, 0) is 6.54 Å². The highest BCUT2D eigenvalue weighted by Crippen LogP contribution is 2.03. The van der Waals surface area contributed by atoms with Crippen molar-refractivity contribution < 1.29 is 0 Å². The van der Waals surface area contributed by atoms with Crippen molar-refractivity contribution in [2.45, 2.75) is 19.4 Å². The minimum atomic E-state index is 0.811. The minimum absolute atomic E-state index is 0.811. The van der Waals surface area contributed by atoms with Crippen LogP contribution in [0, 0.1) is 0 Å². The molecule has 18 heavy (non-hydrogen) atoms. The van der Waals surface area contributed by atoms with E-state index in [-0.39, 0.29) is 0 Å². The molecular formula is C13H25N5. The standard InChI is InChI=1S/C13H25N5/c14-3-1-5-16-9-11-17(12-10-16)6-2-7-18-8-4-15-13-18/h4,8,13H,1-3,5-7,9-12,14H2. The number of rotatable bonds is 7. The fraction of sp³-hybridized carbons (Fsp3) is 0.769. The van der Waals surface area contributed by atoms with Crippen molar-refractivity contribution in [2.75, 3.05) is 45.8 Å². The van der Waals surface area contributed by atoms with Gasteiger partial charge in [-0.1, -0.05) is 0 Å². The number of piperazine rings is 1. The SMILES string of the molecule is NCCCN1CCN(CCCn2ccnc2)CC1. The largest absolute Gasteiger partial charge is 0.337 e. The zero-order chi connectivity index (χ0) is 12.6. The van der Waals surface area contributed by atoms with Gasteiger partial charge in [-0.3, -0.25) is 0 Å². The highest BCUT2D eigenvalue weighted by Gasteiger charge is 2.15. The van der Waals surface area contributed by atoms with Crippen molar-refractivity contribution in [1.82, 2.24) is 19.4 Å². The maximum atomic E-state index is 5.54. The lowest BCUT2D eigenvalue weighted by atomic mass is 10.2. The van der Waals surface area contributed by atoms with Gasteiger partial charge in [-0.15, -0.1) is 0 Å². The molecule has 5 nitrogen and oxygen atoms in total. The summed E-state index contributed by atoms with van der Waals surface area (Å²) in [5, 5.41) is 0. The molecule has 1 aromatic rings. The van der Waals surface area contributed by atoms with E-state index in [2.05, 4.69) is 19.4 Å². The molecule has 1 aromatic heterocycles. The Morgan fingerprint density at radius 1 is 0.944 bits per heavy atom. The molecular weight excluding hydrogens is 226 g/mol. The van der Waals surface area contributed by atoms with Crippen molar-refractivity contribution in [3.63, 3.8) is 0 Å². The summed E-state index contributed by atoms with van der Waals surface area (Å²) in [5.74, 6) is 0. The first-order valence-electron chi connectivity index (χ1n) is 6.99. The number of hydrogen-bond donors (Lipinski definition) is 1. The molecule has 1 aliphatic heterocycles. The first-order chi connectivity index (χ1) is 8.88. The third-order valence-corrected chi connectivity index (χ3v) is 3.59. The molecule has 2 heterocycles. The Balaban J connectivity index is 1.56. The van der Waals surface area contributed by atoms with Crippen LogP contribution in [0.2, 0.25) is 0 Å². The Labute approximate surface area is 110 Å². The Morgan fingerprint density at radius 3 is 2.17 bits per heavy atom. The number of hydrogen-bond acceptors (Lipinski definition) is 4. The fourth-order valence-electron chi connectivity index (χ4n) is 2.45. The average molecular weight is 251 g/mol. The van der Waals surface area contributed by atoms with Gasteiger partial charge < -0.3 is 20.1 Å². The van der Waals surface area contributed by atoms with Gasteiger partial charge in [-0.25, -0.2) is 4.98 Å². The van der Waals surface area contributed by atoms with Crippen LogP contribution in [0.5, 0.6) is 0 Å². The first-order valence-corrected chi connectivity index (χ1v) is 6.99. The summed E-state index contributed by atoms with van der Waals surface area (Å²) < 4.78 is 2.15. The van der Waals surface area contributed by atoms with Crippen molar-refractivity contribution in [3.05, 3.63) is 18.7 Å². The summed E-state index contributed by atoms with van der Waals surface area (Å²) in [5.41, 5.74) is 5.54. The van der Waals surface area contributed by atoms with E-state index in [1.165, 1.54) is 45.7 Å². The second-order valence-corrected chi connectivity index (χ2v) is 4.98. The summed E-state index contributed by atoms with van der Waals surface area (Å²) in [4.78, 5) is 9.15. The molecule has 102 valence electrons. The predicted octanol–water partition coefficient (Wildman–Crippen LogP) is 0.240. The quantitative estimate of drug-likeness (QED) is 0.754. The van der Waals surface area contributed by atoms with Gasteiger partial charge in [0.25, 0.3) is 0 Å². The van der Waals surface area contributed by atoms with Crippen LogP contribution in [0.15, 0.2) is 18.7 Å². The summed E-state index contributed by atoms with van der Waals surface area (Å²) in [7, 11) is 0. The molecule has 0 aliphatic carbocycles.